The molecule has 2 N–H and O–H groups in total. The van der Waals surface area contributed by atoms with Crippen LogP contribution in [-0.2, 0) is 11.2 Å². The molecule has 21 heavy (non-hydrogen) atoms. The summed E-state index contributed by atoms with van der Waals surface area (Å²) >= 11 is 1.78. The second-order valence-corrected chi connectivity index (χ2v) is 6.57. The van der Waals surface area contributed by atoms with Gasteiger partial charge >= 0.3 is 5.97 Å². The minimum atomic E-state index is -0.295. The zero-order chi connectivity index (χ0) is 14.8. The third-order valence-corrected chi connectivity index (χ3v) is 4.88. The number of anilines is 1. The summed E-state index contributed by atoms with van der Waals surface area (Å²) in [4.78, 5) is 13.5. The summed E-state index contributed by atoms with van der Waals surface area (Å²) in [5, 5.41) is 0.299. The molecule has 3 rings (SSSR count). The molecule has 0 spiro atoms. The maximum atomic E-state index is 12.2. The van der Waals surface area contributed by atoms with E-state index in [4.69, 9.17) is 10.5 Å². The zero-order valence-electron chi connectivity index (χ0n) is 11.8. The number of carbonyl (C=O) groups excluding carboxylic acids is 1. The quantitative estimate of drug-likeness (QED) is 0.696. The largest absolute Gasteiger partial charge is 0.461 e. The number of hydrogen-bond donors (Lipinski definition) is 1. The predicted octanol–water partition coefficient (Wildman–Crippen LogP) is 3.45. The van der Waals surface area contributed by atoms with Gasteiger partial charge < -0.3 is 10.5 Å². The molecule has 0 fully saturated rings. The Morgan fingerprint density at radius 3 is 2.95 bits per heavy atom. The van der Waals surface area contributed by atoms with E-state index >= 15 is 0 Å². The summed E-state index contributed by atoms with van der Waals surface area (Å²) in [7, 11) is 0. The fraction of sp³-hybridized carbons (Fsp3) is 0.235. The van der Waals surface area contributed by atoms with E-state index in [1.54, 1.807) is 23.9 Å². The Kier molecular flexibility index (Phi) is 3.88. The van der Waals surface area contributed by atoms with Gasteiger partial charge in [-0.15, -0.1) is 11.8 Å². The number of hydrogen-bond acceptors (Lipinski definition) is 4. The average molecular weight is 299 g/mol. The van der Waals surface area contributed by atoms with Gasteiger partial charge in [-0.25, -0.2) is 4.79 Å². The maximum absolute atomic E-state index is 12.2. The van der Waals surface area contributed by atoms with Gasteiger partial charge in [0.05, 0.1) is 5.56 Å². The van der Waals surface area contributed by atoms with Crippen molar-refractivity contribution in [2.24, 2.45) is 0 Å². The van der Waals surface area contributed by atoms with Crippen molar-refractivity contribution in [1.29, 1.82) is 0 Å². The van der Waals surface area contributed by atoms with Crippen LogP contribution in [0.2, 0.25) is 0 Å². The molecule has 0 bridgehead atoms. The van der Waals surface area contributed by atoms with Crippen molar-refractivity contribution in [2.75, 3.05) is 12.3 Å². The second-order valence-electron chi connectivity index (χ2n) is 5.22. The van der Waals surface area contributed by atoms with Crippen LogP contribution in [0, 0.1) is 6.92 Å². The highest BCUT2D eigenvalue weighted by atomic mass is 32.2. The third-order valence-electron chi connectivity index (χ3n) is 3.60. The van der Waals surface area contributed by atoms with E-state index in [0.717, 1.165) is 12.0 Å². The van der Waals surface area contributed by atoms with Crippen molar-refractivity contribution in [3.05, 3.63) is 59.2 Å². The summed E-state index contributed by atoms with van der Waals surface area (Å²) in [6.07, 6.45) is 0.948. The van der Waals surface area contributed by atoms with Gasteiger partial charge in [0.15, 0.2) is 0 Å². The minimum Gasteiger partial charge on any atom is -0.461 e. The average Bonchev–Trinajstić information content (AvgIpc) is 2.90. The van der Waals surface area contributed by atoms with Gasteiger partial charge in [0.2, 0.25) is 0 Å². The molecule has 108 valence electrons. The number of fused-ring (bicyclic) bond motifs is 1. The number of rotatable bonds is 3. The Morgan fingerprint density at radius 1 is 1.33 bits per heavy atom. The van der Waals surface area contributed by atoms with E-state index in [2.05, 4.69) is 12.1 Å². The van der Waals surface area contributed by atoms with Crippen LogP contribution in [-0.4, -0.2) is 17.8 Å². The lowest BCUT2D eigenvalue weighted by Gasteiger charge is -2.11. The van der Waals surface area contributed by atoms with Crippen LogP contribution >= 0.6 is 11.8 Å². The Bertz CT molecular complexity index is 659. The molecule has 2 aromatic rings. The molecule has 0 radical (unpaired) electrons. The number of esters is 1. The summed E-state index contributed by atoms with van der Waals surface area (Å²) in [5.74, 6) is -0.295. The van der Waals surface area contributed by atoms with Gasteiger partial charge in [0.1, 0.15) is 6.61 Å². The van der Waals surface area contributed by atoms with E-state index in [1.165, 1.54) is 10.5 Å². The first kappa shape index (κ1) is 14.0. The van der Waals surface area contributed by atoms with Crippen molar-refractivity contribution >= 4 is 23.4 Å². The highest BCUT2D eigenvalue weighted by Gasteiger charge is 2.23. The van der Waals surface area contributed by atoms with E-state index < -0.39 is 0 Å². The molecule has 0 amide bonds. The standard InChI is InChI=1S/C17H17NO2S/c1-11-6-7-13(18)9-15(11)17(19)20-10-14-8-12-4-2-3-5-16(12)21-14/h2-7,9,14H,8,10,18H2,1H3. The Balaban J connectivity index is 1.61. The molecule has 0 saturated carbocycles. The van der Waals surface area contributed by atoms with Crippen molar-refractivity contribution < 1.29 is 9.53 Å². The molecular weight excluding hydrogens is 282 g/mol. The maximum Gasteiger partial charge on any atom is 0.338 e. The first-order valence-electron chi connectivity index (χ1n) is 6.91. The third kappa shape index (κ3) is 3.05. The molecule has 1 aliphatic rings. The van der Waals surface area contributed by atoms with Gasteiger partial charge in [-0.05, 0) is 42.7 Å². The lowest BCUT2D eigenvalue weighted by molar-refractivity contribution is 0.0506. The minimum absolute atomic E-state index is 0.295. The number of nitrogens with two attached hydrogens (primary N) is 1. The molecular formula is C17H17NO2S. The second kappa shape index (κ2) is 5.82. The van der Waals surface area contributed by atoms with Gasteiger partial charge in [0, 0.05) is 15.8 Å². The molecule has 0 aliphatic carbocycles. The highest BCUT2D eigenvalue weighted by Crippen LogP contribution is 2.36. The number of carbonyl (C=O) groups is 1. The number of ether oxygens (including phenoxy) is 1. The SMILES string of the molecule is Cc1ccc(N)cc1C(=O)OCC1Cc2ccccc2S1. The summed E-state index contributed by atoms with van der Waals surface area (Å²) in [5.41, 5.74) is 9.08. The Morgan fingerprint density at radius 2 is 2.14 bits per heavy atom. The Labute approximate surface area is 128 Å². The zero-order valence-corrected chi connectivity index (χ0v) is 12.7. The van der Waals surface area contributed by atoms with Crippen LogP contribution in [0.25, 0.3) is 0 Å². The molecule has 2 aromatic carbocycles. The van der Waals surface area contributed by atoms with E-state index in [9.17, 15) is 4.79 Å². The number of thioether (sulfide) groups is 1. The molecule has 1 heterocycles. The first-order valence-corrected chi connectivity index (χ1v) is 7.79. The highest BCUT2D eigenvalue weighted by molar-refractivity contribution is 8.00. The fourth-order valence-corrected chi connectivity index (χ4v) is 3.67. The van der Waals surface area contributed by atoms with Crippen molar-refractivity contribution in [1.82, 2.24) is 0 Å². The summed E-state index contributed by atoms with van der Waals surface area (Å²) < 4.78 is 5.46. The normalized spacial score (nSPS) is 16.5. The number of aryl methyl sites for hydroxylation is 1. The monoisotopic (exact) mass is 299 g/mol. The predicted molar refractivity (Wildman–Crippen MR) is 85.7 cm³/mol. The molecule has 0 saturated heterocycles. The molecule has 1 unspecified atom stereocenters. The lowest BCUT2D eigenvalue weighted by Crippen LogP contribution is -2.16. The molecule has 1 aliphatic heterocycles. The lowest BCUT2D eigenvalue weighted by atomic mass is 10.1. The van der Waals surface area contributed by atoms with E-state index in [-0.39, 0.29) is 5.97 Å². The van der Waals surface area contributed by atoms with Crippen LogP contribution in [0.1, 0.15) is 21.5 Å². The van der Waals surface area contributed by atoms with Crippen molar-refractivity contribution in [2.45, 2.75) is 23.5 Å². The van der Waals surface area contributed by atoms with Gasteiger partial charge in [-0.3, -0.25) is 0 Å². The van der Waals surface area contributed by atoms with Crippen LogP contribution in [0.5, 0.6) is 0 Å². The van der Waals surface area contributed by atoms with Crippen molar-refractivity contribution in [3.8, 4) is 0 Å². The van der Waals surface area contributed by atoms with Crippen LogP contribution in [0.4, 0.5) is 5.69 Å². The van der Waals surface area contributed by atoms with Crippen LogP contribution < -0.4 is 5.73 Å². The molecule has 1 atom stereocenters. The molecule has 4 heteroatoms. The first-order chi connectivity index (χ1) is 10.1. The van der Waals surface area contributed by atoms with Crippen LogP contribution in [0.3, 0.4) is 0 Å². The molecule has 0 aromatic heterocycles. The van der Waals surface area contributed by atoms with Gasteiger partial charge in [-0.1, -0.05) is 24.3 Å². The number of nitrogen functional groups attached to an aromatic ring is 1. The van der Waals surface area contributed by atoms with E-state index in [0.29, 0.717) is 23.1 Å². The van der Waals surface area contributed by atoms with Gasteiger partial charge in [-0.2, -0.15) is 0 Å². The Hall–Kier alpha value is -1.94. The summed E-state index contributed by atoms with van der Waals surface area (Å²) in [6, 6.07) is 13.6. The number of benzene rings is 2. The smallest absolute Gasteiger partial charge is 0.338 e. The summed E-state index contributed by atoms with van der Waals surface area (Å²) in [6.45, 7) is 2.31. The fourth-order valence-electron chi connectivity index (χ4n) is 2.45. The molecule has 3 nitrogen and oxygen atoms in total. The topological polar surface area (TPSA) is 52.3 Å². The van der Waals surface area contributed by atoms with Gasteiger partial charge in [0.25, 0.3) is 0 Å². The van der Waals surface area contributed by atoms with E-state index in [1.807, 2.05) is 25.1 Å². The van der Waals surface area contributed by atoms with Crippen molar-refractivity contribution in [3.63, 3.8) is 0 Å². The van der Waals surface area contributed by atoms with Crippen LogP contribution in [0.15, 0.2) is 47.4 Å².